The van der Waals surface area contributed by atoms with E-state index in [4.69, 9.17) is 9.47 Å². The summed E-state index contributed by atoms with van der Waals surface area (Å²) < 4.78 is 10.7. The zero-order valence-corrected chi connectivity index (χ0v) is 11.1. The Hall–Kier alpha value is -2.82. The summed E-state index contributed by atoms with van der Waals surface area (Å²) in [6.45, 7) is 0.263. The first-order chi connectivity index (χ1) is 10.3. The van der Waals surface area contributed by atoms with Gasteiger partial charge in [0, 0.05) is 11.8 Å². The third-order valence-corrected chi connectivity index (χ3v) is 3.58. The molecule has 1 aliphatic heterocycles. The lowest BCUT2D eigenvalue weighted by Gasteiger charge is -2.06. The summed E-state index contributed by atoms with van der Waals surface area (Å²) in [6.07, 6.45) is 0.619. The van der Waals surface area contributed by atoms with Crippen LogP contribution >= 0.6 is 0 Å². The molecule has 0 spiro atoms. The van der Waals surface area contributed by atoms with Crippen molar-refractivity contribution in [1.82, 2.24) is 10.2 Å². The number of benzene rings is 2. The number of H-pyrrole nitrogens is 1. The van der Waals surface area contributed by atoms with Gasteiger partial charge in [-0.25, -0.2) is 5.10 Å². The average molecular weight is 280 g/mol. The smallest absolute Gasteiger partial charge is 0.272 e. The summed E-state index contributed by atoms with van der Waals surface area (Å²) in [6, 6.07) is 13.3. The van der Waals surface area contributed by atoms with E-state index in [2.05, 4.69) is 10.2 Å². The molecular formula is C16H12N2O3. The maximum atomic E-state index is 11.8. The van der Waals surface area contributed by atoms with E-state index in [0.29, 0.717) is 11.8 Å². The maximum absolute atomic E-state index is 11.8. The van der Waals surface area contributed by atoms with E-state index in [1.54, 1.807) is 6.07 Å². The molecule has 0 bridgehead atoms. The second-order valence-electron chi connectivity index (χ2n) is 4.91. The van der Waals surface area contributed by atoms with Crippen molar-refractivity contribution >= 4 is 10.8 Å². The van der Waals surface area contributed by atoms with Crippen LogP contribution in [0.3, 0.4) is 0 Å². The second kappa shape index (κ2) is 4.63. The van der Waals surface area contributed by atoms with Crippen LogP contribution in [0.2, 0.25) is 0 Å². The SMILES string of the molecule is O=c1[nH]nc(Cc2ccc3c(c2)OCO3)c2ccccc12. The van der Waals surface area contributed by atoms with Gasteiger partial charge in [0.05, 0.1) is 11.1 Å². The largest absolute Gasteiger partial charge is 0.454 e. The van der Waals surface area contributed by atoms with Crippen molar-refractivity contribution in [3.05, 3.63) is 64.1 Å². The number of rotatable bonds is 2. The van der Waals surface area contributed by atoms with E-state index in [1.807, 2.05) is 36.4 Å². The van der Waals surface area contributed by atoms with Gasteiger partial charge in [0.25, 0.3) is 5.56 Å². The molecule has 5 heteroatoms. The summed E-state index contributed by atoms with van der Waals surface area (Å²) in [7, 11) is 0. The van der Waals surface area contributed by atoms with Gasteiger partial charge < -0.3 is 9.47 Å². The average Bonchev–Trinajstić information content (AvgIpc) is 2.98. The number of hydrogen-bond donors (Lipinski definition) is 1. The predicted octanol–water partition coefficient (Wildman–Crippen LogP) is 2.24. The minimum Gasteiger partial charge on any atom is -0.454 e. The normalized spacial score (nSPS) is 12.8. The Morgan fingerprint density at radius 1 is 1.05 bits per heavy atom. The molecule has 104 valence electrons. The van der Waals surface area contributed by atoms with Crippen LogP contribution in [-0.4, -0.2) is 17.0 Å². The fourth-order valence-corrected chi connectivity index (χ4v) is 2.55. The molecule has 0 amide bonds. The molecule has 0 saturated heterocycles. The van der Waals surface area contributed by atoms with Crippen LogP contribution < -0.4 is 15.0 Å². The molecule has 4 rings (SSSR count). The molecule has 1 aliphatic rings. The Bertz CT molecular complexity index is 886. The van der Waals surface area contributed by atoms with Gasteiger partial charge in [-0.3, -0.25) is 4.79 Å². The molecule has 0 radical (unpaired) electrons. The first-order valence-electron chi connectivity index (χ1n) is 6.66. The lowest BCUT2D eigenvalue weighted by molar-refractivity contribution is 0.174. The topological polar surface area (TPSA) is 64.2 Å². The summed E-state index contributed by atoms with van der Waals surface area (Å²) in [5, 5.41) is 8.27. The lowest BCUT2D eigenvalue weighted by atomic mass is 10.0. The molecule has 0 fully saturated rings. The molecule has 0 atom stereocenters. The van der Waals surface area contributed by atoms with Gasteiger partial charge in [-0.15, -0.1) is 0 Å². The lowest BCUT2D eigenvalue weighted by Crippen LogP contribution is -2.11. The molecule has 5 nitrogen and oxygen atoms in total. The first-order valence-corrected chi connectivity index (χ1v) is 6.66. The fraction of sp³-hybridized carbons (Fsp3) is 0.125. The number of aromatic nitrogens is 2. The number of fused-ring (bicyclic) bond motifs is 2. The van der Waals surface area contributed by atoms with E-state index in [-0.39, 0.29) is 12.4 Å². The number of nitrogens with zero attached hydrogens (tertiary/aromatic N) is 1. The summed E-state index contributed by atoms with van der Waals surface area (Å²) in [5.74, 6) is 1.51. The van der Waals surface area contributed by atoms with Crippen molar-refractivity contribution in [1.29, 1.82) is 0 Å². The van der Waals surface area contributed by atoms with Crippen LogP contribution in [0.5, 0.6) is 11.5 Å². The highest BCUT2D eigenvalue weighted by molar-refractivity contribution is 5.83. The summed E-state index contributed by atoms with van der Waals surface area (Å²) >= 11 is 0. The third kappa shape index (κ3) is 2.03. The summed E-state index contributed by atoms with van der Waals surface area (Å²) in [5.41, 5.74) is 1.73. The van der Waals surface area contributed by atoms with Crippen LogP contribution in [0.15, 0.2) is 47.3 Å². The van der Waals surface area contributed by atoms with Crippen molar-refractivity contribution in [2.24, 2.45) is 0 Å². The predicted molar refractivity (Wildman–Crippen MR) is 77.7 cm³/mol. The van der Waals surface area contributed by atoms with E-state index in [9.17, 15) is 4.79 Å². The van der Waals surface area contributed by atoms with Gasteiger partial charge in [0.2, 0.25) is 6.79 Å². The molecule has 1 N–H and O–H groups in total. The first kappa shape index (κ1) is 12.0. The van der Waals surface area contributed by atoms with Gasteiger partial charge in [0.15, 0.2) is 11.5 Å². The van der Waals surface area contributed by atoms with E-state index < -0.39 is 0 Å². The maximum Gasteiger partial charge on any atom is 0.272 e. The highest BCUT2D eigenvalue weighted by atomic mass is 16.7. The standard InChI is InChI=1S/C16H12N2O3/c19-16-12-4-2-1-3-11(12)13(17-18-16)7-10-5-6-14-15(8-10)21-9-20-14/h1-6,8H,7,9H2,(H,18,19). The molecule has 3 aromatic rings. The molecule has 0 aliphatic carbocycles. The molecule has 21 heavy (non-hydrogen) atoms. The fourth-order valence-electron chi connectivity index (χ4n) is 2.55. The summed E-state index contributed by atoms with van der Waals surface area (Å²) in [4.78, 5) is 11.8. The van der Waals surface area contributed by atoms with Gasteiger partial charge in [-0.2, -0.15) is 5.10 Å². The molecule has 2 aromatic carbocycles. The number of ether oxygens (including phenoxy) is 2. The minimum atomic E-state index is -0.167. The van der Waals surface area contributed by atoms with Gasteiger partial charge in [0.1, 0.15) is 0 Å². The number of nitrogens with one attached hydrogen (secondary N) is 1. The number of hydrogen-bond acceptors (Lipinski definition) is 4. The van der Waals surface area contributed by atoms with Crippen molar-refractivity contribution < 1.29 is 9.47 Å². The van der Waals surface area contributed by atoms with E-state index >= 15 is 0 Å². The van der Waals surface area contributed by atoms with Crippen molar-refractivity contribution in [2.45, 2.75) is 6.42 Å². The van der Waals surface area contributed by atoms with Crippen LogP contribution in [-0.2, 0) is 6.42 Å². The molecule has 1 aromatic heterocycles. The molecule has 0 saturated carbocycles. The molecular weight excluding hydrogens is 268 g/mol. The Morgan fingerprint density at radius 2 is 1.86 bits per heavy atom. The number of aromatic amines is 1. The molecule has 2 heterocycles. The highest BCUT2D eigenvalue weighted by Gasteiger charge is 2.14. The van der Waals surface area contributed by atoms with Crippen molar-refractivity contribution in [2.75, 3.05) is 6.79 Å². The zero-order chi connectivity index (χ0) is 14.2. The highest BCUT2D eigenvalue weighted by Crippen LogP contribution is 2.33. The van der Waals surface area contributed by atoms with Crippen LogP contribution in [0.1, 0.15) is 11.3 Å². The van der Waals surface area contributed by atoms with Crippen molar-refractivity contribution in [3.8, 4) is 11.5 Å². The Kier molecular flexibility index (Phi) is 2.64. The van der Waals surface area contributed by atoms with E-state index in [0.717, 1.165) is 28.1 Å². The van der Waals surface area contributed by atoms with Crippen LogP contribution in [0.25, 0.3) is 10.8 Å². The second-order valence-corrected chi connectivity index (χ2v) is 4.91. The quantitative estimate of drug-likeness (QED) is 0.782. The zero-order valence-electron chi connectivity index (χ0n) is 11.1. The van der Waals surface area contributed by atoms with Gasteiger partial charge in [-0.05, 0) is 23.8 Å². The Morgan fingerprint density at radius 3 is 2.76 bits per heavy atom. The van der Waals surface area contributed by atoms with Crippen LogP contribution in [0.4, 0.5) is 0 Å². The van der Waals surface area contributed by atoms with Crippen LogP contribution in [0, 0.1) is 0 Å². The Labute approximate surface area is 120 Å². The Balaban J connectivity index is 1.78. The van der Waals surface area contributed by atoms with Crippen molar-refractivity contribution in [3.63, 3.8) is 0 Å². The minimum absolute atomic E-state index is 0.167. The monoisotopic (exact) mass is 280 g/mol. The van der Waals surface area contributed by atoms with Gasteiger partial charge >= 0.3 is 0 Å². The van der Waals surface area contributed by atoms with Gasteiger partial charge in [-0.1, -0.05) is 24.3 Å². The third-order valence-electron chi connectivity index (χ3n) is 3.58. The van der Waals surface area contributed by atoms with E-state index in [1.165, 1.54) is 0 Å². The molecule has 0 unspecified atom stereocenters.